The number of methoxy groups -OCH3 is 3. The van der Waals surface area contributed by atoms with Crippen LogP contribution in [-0.2, 0) is 14.3 Å². The van der Waals surface area contributed by atoms with Gasteiger partial charge in [0.1, 0.15) is 5.75 Å². The van der Waals surface area contributed by atoms with Crippen LogP contribution in [-0.4, -0.2) is 39.2 Å². The van der Waals surface area contributed by atoms with Crippen molar-refractivity contribution in [2.24, 2.45) is 0 Å². The number of carbonyl (C=O) groups is 2. The maximum atomic E-state index is 12.6. The van der Waals surface area contributed by atoms with Crippen molar-refractivity contribution in [1.82, 2.24) is 0 Å². The molecular formula is C21H22O5. The minimum absolute atomic E-state index is 0.0487. The van der Waals surface area contributed by atoms with E-state index in [4.69, 9.17) is 14.2 Å². The van der Waals surface area contributed by atoms with Gasteiger partial charge in [0.15, 0.2) is 11.9 Å². The number of carbonyl (C=O) groups excluding carboxylic acids is 2. The zero-order chi connectivity index (χ0) is 18.9. The van der Waals surface area contributed by atoms with E-state index in [2.05, 4.69) is 0 Å². The molecule has 2 aromatic rings. The lowest BCUT2D eigenvalue weighted by molar-refractivity contribution is -0.149. The van der Waals surface area contributed by atoms with E-state index in [-0.39, 0.29) is 12.2 Å². The van der Waals surface area contributed by atoms with Gasteiger partial charge < -0.3 is 14.2 Å². The molecule has 0 amide bonds. The molecule has 136 valence electrons. The van der Waals surface area contributed by atoms with E-state index in [9.17, 15) is 9.59 Å². The highest BCUT2D eigenvalue weighted by molar-refractivity contribution is 6.02. The van der Waals surface area contributed by atoms with Crippen LogP contribution in [0, 0.1) is 0 Å². The summed E-state index contributed by atoms with van der Waals surface area (Å²) in [5, 5.41) is 0. The summed E-state index contributed by atoms with van der Waals surface area (Å²) in [5.41, 5.74) is 2.10. The zero-order valence-corrected chi connectivity index (χ0v) is 15.1. The number of rotatable bonds is 8. The van der Waals surface area contributed by atoms with E-state index in [0.717, 1.165) is 5.56 Å². The normalized spacial score (nSPS) is 12.3. The molecule has 0 N–H and O–H groups in total. The number of allylic oxidation sites excluding steroid dienone is 1. The van der Waals surface area contributed by atoms with Crippen LogP contribution >= 0.6 is 0 Å². The molecule has 0 aliphatic carbocycles. The Morgan fingerprint density at radius 3 is 2.12 bits per heavy atom. The van der Waals surface area contributed by atoms with Gasteiger partial charge in [-0.05, 0) is 29.3 Å². The van der Waals surface area contributed by atoms with Gasteiger partial charge in [0.2, 0.25) is 0 Å². The molecule has 0 saturated heterocycles. The summed E-state index contributed by atoms with van der Waals surface area (Å²) in [6.45, 7) is 0. The summed E-state index contributed by atoms with van der Waals surface area (Å²) >= 11 is 0. The molecule has 2 rings (SSSR count). The highest BCUT2D eigenvalue weighted by atomic mass is 16.6. The number of ether oxygens (including phenoxy) is 3. The van der Waals surface area contributed by atoms with Crippen molar-refractivity contribution in [3.05, 3.63) is 71.8 Å². The van der Waals surface area contributed by atoms with Crippen LogP contribution in [0.3, 0.4) is 0 Å². The molecule has 0 radical (unpaired) electrons. The molecule has 0 aliphatic heterocycles. The molecule has 0 aromatic heterocycles. The van der Waals surface area contributed by atoms with Crippen LogP contribution in [0.25, 0.3) is 5.57 Å². The molecule has 0 aliphatic rings. The Balaban J connectivity index is 2.36. The van der Waals surface area contributed by atoms with E-state index in [0.29, 0.717) is 16.9 Å². The van der Waals surface area contributed by atoms with Crippen molar-refractivity contribution in [3.8, 4) is 5.75 Å². The second-order valence-electron chi connectivity index (χ2n) is 5.57. The molecular weight excluding hydrogens is 332 g/mol. The summed E-state index contributed by atoms with van der Waals surface area (Å²) in [6, 6.07) is 16.3. The number of ketones is 1. The fourth-order valence-corrected chi connectivity index (χ4v) is 2.49. The first-order valence-electron chi connectivity index (χ1n) is 8.13. The van der Waals surface area contributed by atoms with Crippen LogP contribution in [0.4, 0.5) is 0 Å². The summed E-state index contributed by atoms with van der Waals surface area (Å²) in [4.78, 5) is 24.5. The smallest absolute Gasteiger partial charge is 0.339 e. The van der Waals surface area contributed by atoms with Gasteiger partial charge in [-0.3, -0.25) is 4.79 Å². The summed E-state index contributed by atoms with van der Waals surface area (Å²) in [7, 11) is 4.30. The van der Waals surface area contributed by atoms with Gasteiger partial charge in [-0.25, -0.2) is 4.79 Å². The van der Waals surface area contributed by atoms with Gasteiger partial charge in [-0.1, -0.05) is 42.5 Å². The quantitative estimate of drug-likeness (QED) is 0.536. The minimum atomic E-state index is -0.888. The second kappa shape index (κ2) is 9.53. The third kappa shape index (κ3) is 5.04. The van der Waals surface area contributed by atoms with Gasteiger partial charge in [-0.15, -0.1) is 0 Å². The fraction of sp³-hybridized carbons (Fsp3) is 0.238. The lowest BCUT2D eigenvalue weighted by Gasteiger charge is -2.13. The van der Waals surface area contributed by atoms with Crippen LogP contribution in [0.15, 0.2) is 60.7 Å². The van der Waals surface area contributed by atoms with Crippen LogP contribution in [0.2, 0.25) is 0 Å². The maximum absolute atomic E-state index is 12.6. The Kier molecular flexibility index (Phi) is 7.12. The number of Topliss-reactive ketones (excluding diaryl/α,β-unsaturated/α-hetero) is 1. The van der Waals surface area contributed by atoms with E-state index in [1.165, 1.54) is 14.2 Å². The highest BCUT2D eigenvalue weighted by Gasteiger charge is 2.19. The molecule has 0 heterocycles. The van der Waals surface area contributed by atoms with Gasteiger partial charge in [-0.2, -0.15) is 0 Å². The predicted molar refractivity (Wildman–Crippen MR) is 99.2 cm³/mol. The highest BCUT2D eigenvalue weighted by Crippen LogP contribution is 2.24. The fourth-order valence-electron chi connectivity index (χ4n) is 2.49. The van der Waals surface area contributed by atoms with E-state index in [1.807, 2.05) is 30.3 Å². The Morgan fingerprint density at radius 2 is 1.58 bits per heavy atom. The standard InChI is InChI=1S/C21H22O5/c1-24-18-11-9-15(10-12-18)17(14-20(25-2)21(23)26-3)13-19(22)16-7-5-4-6-8-16/h4-12,14,20H,13H2,1-3H3/b17-14-. The van der Waals surface area contributed by atoms with Crippen molar-refractivity contribution in [1.29, 1.82) is 0 Å². The molecule has 5 nitrogen and oxygen atoms in total. The van der Waals surface area contributed by atoms with Crippen LogP contribution in [0.5, 0.6) is 5.75 Å². The summed E-state index contributed by atoms with van der Waals surface area (Å²) < 4.78 is 15.1. The third-order valence-corrected chi connectivity index (χ3v) is 3.95. The Labute approximate surface area is 153 Å². The first-order chi connectivity index (χ1) is 12.6. The lowest BCUT2D eigenvalue weighted by Crippen LogP contribution is -2.22. The van der Waals surface area contributed by atoms with Crippen LogP contribution < -0.4 is 4.74 Å². The SMILES string of the molecule is COC(=O)C(/C=C(/CC(=O)c1ccccc1)c1ccc(OC)cc1)OC. The monoisotopic (exact) mass is 354 g/mol. The van der Waals surface area contributed by atoms with Crippen molar-refractivity contribution < 1.29 is 23.8 Å². The number of hydrogen-bond acceptors (Lipinski definition) is 5. The largest absolute Gasteiger partial charge is 0.497 e. The van der Waals surface area contributed by atoms with Crippen LogP contribution in [0.1, 0.15) is 22.3 Å². The third-order valence-electron chi connectivity index (χ3n) is 3.95. The number of hydrogen-bond donors (Lipinski definition) is 0. The van der Waals surface area contributed by atoms with Crippen molar-refractivity contribution >= 4 is 17.3 Å². The molecule has 1 unspecified atom stereocenters. The summed E-state index contributed by atoms with van der Waals surface area (Å²) in [5.74, 6) is 0.136. The Bertz CT molecular complexity index is 763. The number of esters is 1. The van der Waals surface area contributed by atoms with Gasteiger partial charge in [0, 0.05) is 19.1 Å². The second-order valence-corrected chi connectivity index (χ2v) is 5.57. The molecule has 5 heteroatoms. The predicted octanol–water partition coefficient (Wildman–Crippen LogP) is 3.54. The topological polar surface area (TPSA) is 61.8 Å². The van der Waals surface area contributed by atoms with Crippen molar-refractivity contribution in [2.75, 3.05) is 21.3 Å². The lowest BCUT2D eigenvalue weighted by atomic mass is 9.96. The molecule has 2 aromatic carbocycles. The number of benzene rings is 2. The summed E-state index contributed by atoms with van der Waals surface area (Å²) in [6.07, 6.45) is 0.863. The Hall–Kier alpha value is -2.92. The van der Waals surface area contributed by atoms with Gasteiger partial charge >= 0.3 is 5.97 Å². The van der Waals surface area contributed by atoms with Gasteiger partial charge in [0.25, 0.3) is 0 Å². The molecule has 0 bridgehead atoms. The van der Waals surface area contributed by atoms with E-state index < -0.39 is 12.1 Å². The molecule has 0 saturated carbocycles. The van der Waals surface area contributed by atoms with Gasteiger partial charge in [0.05, 0.1) is 14.2 Å². The Morgan fingerprint density at radius 1 is 0.923 bits per heavy atom. The molecule has 0 fully saturated rings. The average molecular weight is 354 g/mol. The first kappa shape index (κ1) is 19.4. The minimum Gasteiger partial charge on any atom is -0.497 e. The van der Waals surface area contributed by atoms with E-state index in [1.54, 1.807) is 37.5 Å². The van der Waals surface area contributed by atoms with Crippen molar-refractivity contribution in [2.45, 2.75) is 12.5 Å². The van der Waals surface area contributed by atoms with Crippen molar-refractivity contribution in [3.63, 3.8) is 0 Å². The van der Waals surface area contributed by atoms with E-state index >= 15 is 0 Å². The maximum Gasteiger partial charge on any atom is 0.339 e. The molecule has 1 atom stereocenters. The average Bonchev–Trinajstić information content (AvgIpc) is 2.71. The molecule has 26 heavy (non-hydrogen) atoms. The first-order valence-corrected chi connectivity index (χ1v) is 8.13. The molecule has 0 spiro atoms. The zero-order valence-electron chi connectivity index (χ0n) is 15.1.